The van der Waals surface area contributed by atoms with E-state index in [1.165, 1.54) is 4.90 Å². The zero-order valence-corrected chi connectivity index (χ0v) is 21.6. The molecule has 1 aliphatic rings. The number of aryl methyl sites for hydroxylation is 1. The zero-order chi connectivity index (χ0) is 26.6. The molecule has 2 heterocycles. The Kier molecular flexibility index (Phi) is 7.61. The molecule has 0 radical (unpaired) electrons. The second-order valence-corrected chi connectivity index (χ2v) is 9.73. The van der Waals surface area contributed by atoms with E-state index in [2.05, 4.69) is 4.98 Å². The average molecular weight is 512 g/mol. The van der Waals surface area contributed by atoms with Gasteiger partial charge in [0.05, 0.1) is 11.7 Å². The van der Waals surface area contributed by atoms with Crippen LogP contribution in [0, 0.1) is 6.92 Å². The normalized spacial score (nSPS) is 18.6. The molecule has 3 aromatic carbocycles. The Labute approximate surface area is 222 Å². The van der Waals surface area contributed by atoms with E-state index < -0.39 is 18.5 Å². The van der Waals surface area contributed by atoms with Crippen LogP contribution in [0.5, 0.6) is 0 Å². The summed E-state index contributed by atoms with van der Waals surface area (Å²) in [5, 5.41) is 0. The van der Waals surface area contributed by atoms with Crippen LogP contribution in [0.25, 0.3) is 22.3 Å². The van der Waals surface area contributed by atoms with E-state index in [-0.39, 0.29) is 12.3 Å². The molecule has 1 saturated heterocycles. The van der Waals surface area contributed by atoms with Crippen LogP contribution in [0.15, 0.2) is 97.2 Å². The van der Waals surface area contributed by atoms with Crippen LogP contribution < -0.4 is 4.90 Å². The molecule has 0 spiro atoms. The molecule has 4 aromatic rings. The van der Waals surface area contributed by atoms with E-state index in [0.717, 1.165) is 27.9 Å². The molecule has 0 saturated carbocycles. The number of hydrogen-bond acceptors (Lipinski definition) is 3. The average Bonchev–Trinajstić information content (AvgIpc) is 2.95. The number of likely N-dealkylation sites (tertiary alicyclic amines) is 1. The Hall–Kier alpha value is -3.90. The number of amides is 1. The SMILES string of the molecule is Cc1cc(-c2ccc(N(C(=O)C(C)N3CCCC(F)C3F)c3ccccc3-c3ccccc3)cc2)ccn1. The number of nitrogens with zero attached hydrogens (tertiary/aromatic N) is 3. The summed E-state index contributed by atoms with van der Waals surface area (Å²) in [4.78, 5) is 21.4. The number of piperidine rings is 1. The van der Waals surface area contributed by atoms with Crippen molar-refractivity contribution in [2.75, 3.05) is 11.4 Å². The highest BCUT2D eigenvalue weighted by Crippen LogP contribution is 2.37. The molecule has 0 bridgehead atoms. The van der Waals surface area contributed by atoms with Crippen molar-refractivity contribution in [2.24, 2.45) is 0 Å². The highest BCUT2D eigenvalue weighted by molar-refractivity contribution is 6.06. The number of para-hydroxylation sites is 1. The third-order valence-corrected chi connectivity index (χ3v) is 7.17. The number of hydrogen-bond donors (Lipinski definition) is 0. The largest absolute Gasteiger partial charge is 0.279 e. The maximum Gasteiger partial charge on any atom is 0.248 e. The van der Waals surface area contributed by atoms with E-state index in [4.69, 9.17) is 0 Å². The van der Waals surface area contributed by atoms with Gasteiger partial charge >= 0.3 is 0 Å². The lowest BCUT2D eigenvalue weighted by molar-refractivity contribution is -0.128. The minimum atomic E-state index is -1.80. The third-order valence-electron chi connectivity index (χ3n) is 7.17. The van der Waals surface area contributed by atoms with Crippen molar-refractivity contribution < 1.29 is 13.6 Å². The number of carbonyl (C=O) groups excluding carboxylic acids is 1. The van der Waals surface area contributed by atoms with Gasteiger partial charge < -0.3 is 0 Å². The third kappa shape index (κ3) is 5.22. The van der Waals surface area contributed by atoms with Crippen LogP contribution in [0.1, 0.15) is 25.5 Å². The van der Waals surface area contributed by atoms with Crippen molar-refractivity contribution in [1.29, 1.82) is 0 Å². The minimum absolute atomic E-state index is 0.176. The lowest BCUT2D eigenvalue weighted by atomic mass is 10.0. The summed E-state index contributed by atoms with van der Waals surface area (Å²) in [6, 6.07) is 28.4. The molecule has 6 heteroatoms. The maximum absolute atomic E-state index is 14.9. The number of benzene rings is 3. The van der Waals surface area contributed by atoms with Crippen molar-refractivity contribution in [2.45, 2.75) is 45.2 Å². The van der Waals surface area contributed by atoms with E-state index in [1.54, 1.807) is 18.0 Å². The highest BCUT2D eigenvalue weighted by Gasteiger charge is 2.39. The van der Waals surface area contributed by atoms with Gasteiger partial charge in [-0.15, -0.1) is 0 Å². The number of alkyl halides is 2. The topological polar surface area (TPSA) is 36.4 Å². The predicted octanol–water partition coefficient (Wildman–Crippen LogP) is 7.51. The molecule has 5 rings (SSSR count). The number of rotatable bonds is 6. The molecule has 1 amide bonds. The second-order valence-electron chi connectivity index (χ2n) is 9.73. The second kappa shape index (κ2) is 11.2. The Bertz CT molecular complexity index is 1390. The van der Waals surface area contributed by atoms with E-state index in [1.807, 2.05) is 97.9 Å². The molecule has 1 aliphatic heterocycles. The number of pyridine rings is 1. The van der Waals surface area contributed by atoms with Crippen LogP contribution in [0.4, 0.5) is 20.2 Å². The van der Waals surface area contributed by atoms with Gasteiger partial charge in [-0.2, -0.15) is 0 Å². The monoisotopic (exact) mass is 511 g/mol. The fourth-order valence-electron chi connectivity index (χ4n) is 5.12. The summed E-state index contributed by atoms with van der Waals surface area (Å²) in [5.41, 5.74) is 6.13. The Balaban J connectivity index is 1.58. The van der Waals surface area contributed by atoms with Crippen LogP contribution in [-0.2, 0) is 4.79 Å². The van der Waals surface area contributed by atoms with Gasteiger partial charge in [-0.3, -0.25) is 19.6 Å². The first-order valence-electron chi connectivity index (χ1n) is 13.0. The lowest BCUT2D eigenvalue weighted by Crippen LogP contribution is -2.54. The van der Waals surface area contributed by atoms with Crippen molar-refractivity contribution in [3.05, 3.63) is 103 Å². The Morgan fingerprint density at radius 3 is 2.37 bits per heavy atom. The van der Waals surface area contributed by atoms with Gasteiger partial charge in [-0.25, -0.2) is 8.78 Å². The Morgan fingerprint density at radius 1 is 0.921 bits per heavy atom. The van der Waals surface area contributed by atoms with Crippen LogP contribution in [-0.4, -0.2) is 40.8 Å². The van der Waals surface area contributed by atoms with Crippen molar-refractivity contribution >= 4 is 17.3 Å². The van der Waals surface area contributed by atoms with Crippen LogP contribution >= 0.6 is 0 Å². The molecule has 194 valence electrons. The molecule has 0 N–H and O–H groups in total. The number of carbonyl (C=O) groups is 1. The summed E-state index contributed by atoms with van der Waals surface area (Å²) in [6.45, 7) is 3.95. The number of halogens is 2. The van der Waals surface area contributed by atoms with Crippen molar-refractivity contribution in [1.82, 2.24) is 9.88 Å². The molecule has 1 fully saturated rings. The van der Waals surface area contributed by atoms with Crippen LogP contribution in [0.3, 0.4) is 0 Å². The van der Waals surface area contributed by atoms with Gasteiger partial charge in [0, 0.05) is 29.7 Å². The maximum atomic E-state index is 14.9. The van der Waals surface area contributed by atoms with Gasteiger partial charge in [0.2, 0.25) is 5.91 Å². The number of anilines is 2. The van der Waals surface area contributed by atoms with Gasteiger partial charge in [-0.05, 0) is 73.7 Å². The minimum Gasteiger partial charge on any atom is -0.279 e. The molecule has 0 aliphatic carbocycles. The molecule has 4 nitrogen and oxygen atoms in total. The summed E-state index contributed by atoms with van der Waals surface area (Å²) in [6.07, 6.45) is -0.927. The lowest BCUT2D eigenvalue weighted by Gasteiger charge is -2.38. The summed E-state index contributed by atoms with van der Waals surface area (Å²) in [5.74, 6) is -0.308. The van der Waals surface area contributed by atoms with Gasteiger partial charge in [0.1, 0.15) is 6.17 Å². The molecule has 3 atom stereocenters. The summed E-state index contributed by atoms with van der Waals surface area (Å²) < 4.78 is 29.2. The Morgan fingerprint density at radius 2 is 1.63 bits per heavy atom. The fraction of sp³-hybridized carbons (Fsp3) is 0.250. The standard InChI is InChI=1S/C32H31F2N3O/c1-22-21-26(18-19-35-22)24-14-16-27(17-15-24)37(32(38)23(2)36-20-8-12-29(33)31(36)34)30-13-7-6-11-28(30)25-9-4-3-5-10-25/h3-7,9-11,13-19,21,23,29,31H,8,12,20H2,1-2H3. The van der Waals surface area contributed by atoms with Gasteiger partial charge in [-0.1, -0.05) is 60.7 Å². The van der Waals surface area contributed by atoms with E-state index in [9.17, 15) is 13.6 Å². The van der Waals surface area contributed by atoms with Crippen molar-refractivity contribution in [3.63, 3.8) is 0 Å². The first kappa shape index (κ1) is 25.7. The fourth-order valence-corrected chi connectivity index (χ4v) is 5.12. The molecule has 38 heavy (non-hydrogen) atoms. The molecule has 3 unspecified atom stereocenters. The zero-order valence-electron chi connectivity index (χ0n) is 21.6. The van der Waals surface area contributed by atoms with Crippen LogP contribution in [0.2, 0.25) is 0 Å². The first-order valence-corrected chi connectivity index (χ1v) is 13.0. The first-order chi connectivity index (χ1) is 18.4. The van der Waals surface area contributed by atoms with Gasteiger partial charge in [0.25, 0.3) is 0 Å². The quantitative estimate of drug-likeness (QED) is 0.251. The van der Waals surface area contributed by atoms with Crippen molar-refractivity contribution in [3.8, 4) is 22.3 Å². The smallest absolute Gasteiger partial charge is 0.248 e. The molecular formula is C32H31F2N3O. The summed E-state index contributed by atoms with van der Waals surface area (Å²) in [7, 11) is 0. The number of aromatic nitrogens is 1. The van der Waals surface area contributed by atoms with E-state index in [0.29, 0.717) is 24.3 Å². The molecule has 1 aromatic heterocycles. The summed E-state index contributed by atoms with van der Waals surface area (Å²) >= 11 is 0. The predicted molar refractivity (Wildman–Crippen MR) is 149 cm³/mol. The highest BCUT2D eigenvalue weighted by atomic mass is 19.2. The van der Waals surface area contributed by atoms with E-state index >= 15 is 0 Å². The molecular weight excluding hydrogens is 480 g/mol. The van der Waals surface area contributed by atoms with Gasteiger partial charge in [0.15, 0.2) is 6.30 Å².